The van der Waals surface area contributed by atoms with E-state index in [1.165, 1.54) is 6.20 Å². The topological polar surface area (TPSA) is 71.1 Å². The lowest BCUT2D eigenvalue weighted by Crippen LogP contribution is -2.34. The molecule has 0 radical (unpaired) electrons. The number of thioether (sulfide) groups is 1. The van der Waals surface area contributed by atoms with Crippen LogP contribution in [0.2, 0.25) is 0 Å². The van der Waals surface area contributed by atoms with Gasteiger partial charge in [-0.05, 0) is 31.2 Å². The van der Waals surface area contributed by atoms with Gasteiger partial charge >= 0.3 is 0 Å². The zero-order chi connectivity index (χ0) is 13.0. The van der Waals surface area contributed by atoms with Crippen LogP contribution >= 0.6 is 11.8 Å². The summed E-state index contributed by atoms with van der Waals surface area (Å²) >= 11 is 1.77. The highest BCUT2D eigenvalue weighted by atomic mass is 32.2. The Morgan fingerprint density at radius 2 is 2.33 bits per heavy atom. The van der Waals surface area contributed by atoms with Crippen molar-refractivity contribution < 1.29 is 8.42 Å². The van der Waals surface area contributed by atoms with E-state index in [0.717, 1.165) is 24.5 Å². The monoisotopic (exact) mass is 287 g/mol. The molecule has 0 aromatic carbocycles. The zero-order valence-corrected chi connectivity index (χ0v) is 11.9. The maximum Gasteiger partial charge on any atom is 0.242 e. The Hall–Kier alpha value is -0.790. The van der Waals surface area contributed by atoms with E-state index in [1.807, 2.05) is 6.92 Å². The molecule has 1 atom stereocenters. The third kappa shape index (κ3) is 3.37. The summed E-state index contributed by atoms with van der Waals surface area (Å²) in [4.78, 5) is 4.30. The maximum atomic E-state index is 12.1. The molecule has 0 aliphatic carbocycles. The van der Waals surface area contributed by atoms with Gasteiger partial charge in [0.25, 0.3) is 0 Å². The molecule has 2 heterocycles. The largest absolute Gasteiger partial charge is 0.370 e. The molecule has 1 aliphatic heterocycles. The molecule has 2 rings (SSSR count). The molecule has 1 fully saturated rings. The molecule has 1 aliphatic rings. The van der Waals surface area contributed by atoms with Gasteiger partial charge in [0.1, 0.15) is 10.7 Å². The molecule has 1 aromatic heterocycles. The normalized spacial score (nSPS) is 19.9. The second-order valence-electron chi connectivity index (χ2n) is 4.09. The second kappa shape index (κ2) is 5.90. The third-order valence-corrected chi connectivity index (χ3v) is 5.32. The van der Waals surface area contributed by atoms with Crippen molar-refractivity contribution in [3.8, 4) is 0 Å². The van der Waals surface area contributed by atoms with Crippen LogP contribution in [-0.4, -0.2) is 37.5 Å². The molecule has 1 unspecified atom stereocenters. The minimum absolute atomic E-state index is 0.0495. The Morgan fingerprint density at radius 3 is 2.89 bits per heavy atom. The Bertz CT molecular complexity index is 482. The van der Waals surface area contributed by atoms with Gasteiger partial charge in [0, 0.05) is 24.5 Å². The fourth-order valence-corrected chi connectivity index (χ4v) is 4.21. The molecule has 100 valence electrons. The second-order valence-corrected chi connectivity index (χ2v) is 6.96. The Labute approximate surface area is 112 Å². The molecule has 1 saturated heterocycles. The summed E-state index contributed by atoms with van der Waals surface area (Å²) in [6.07, 6.45) is 2.29. The van der Waals surface area contributed by atoms with Gasteiger partial charge in [-0.2, -0.15) is 11.8 Å². The lowest BCUT2D eigenvalue weighted by molar-refractivity contribution is 0.563. The summed E-state index contributed by atoms with van der Waals surface area (Å²) in [7, 11) is -3.43. The van der Waals surface area contributed by atoms with Gasteiger partial charge in [0.2, 0.25) is 10.0 Å². The van der Waals surface area contributed by atoms with E-state index in [2.05, 4.69) is 15.0 Å². The average molecular weight is 287 g/mol. The van der Waals surface area contributed by atoms with E-state index >= 15 is 0 Å². The van der Waals surface area contributed by atoms with Crippen LogP contribution in [0.5, 0.6) is 0 Å². The summed E-state index contributed by atoms with van der Waals surface area (Å²) in [5.74, 6) is 2.56. The van der Waals surface area contributed by atoms with Crippen molar-refractivity contribution in [2.24, 2.45) is 0 Å². The van der Waals surface area contributed by atoms with E-state index in [9.17, 15) is 8.42 Å². The Balaban J connectivity index is 2.08. The molecule has 18 heavy (non-hydrogen) atoms. The first kappa shape index (κ1) is 13.6. The zero-order valence-electron chi connectivity index (χ0n) is 10.2. The summed E-state index contributed by atoms with van der Waals surface area (Å²) < 4.78 is 26.9. The number of hydrogen-bond donors (Lipinski definition) is 2. The van der Waals surface area contributed by atoms with Gasteiger partial charge in [0.05, 0.1) is 0 Å². The van der Waals surface area contributed by atoms with Gasteiger partial charge in [-0.1, -0.05) is 0 Å². The smallest absolute Gasteiger partial charge is 0.242 e. The number of rotatable bonds is 5. The van der Waals surface area contributed by atoms with Gasteiger partial charge < -0.3 is 5.32 Å². The summed E-state index contributed by atoms with van der Waals surface area (Å²) in [5, 5.41) is 3.03. The van der Waals surface area contributed by atoms with Crippen molar-refractivity contribution in [1.29, 1.82) is 0 Å². The molecule has 0 saturated carbocycles. The van der Waals surface area contributed by atoms with Crippen LogP contribution in [0.25, 0.3) is 0 Å². The number of sulfonamides is 1. The van der Waals surface area contributed by atoms with Crippen LogP contribution in [0.1, 0.15) is 13.3 Å². The summed E-state index contributed by atoms with van der Waals surface area (Å²) in [6.45, 7) is 2.72. The first-order chi connectivity index (χ1) is 8.62. The van der Waals surface area contributed by atoms with Crippen molar-refractivity contribution >= 4 is 27.6 Å². The van der Waals surface area contributed by atoms with Crippen LogP contribution in [-0.2, 0) is 10.0 Å². The van der Waals surface area contributed by atoms with Gasteiger partial charge in [-0.15, -0.1) is 0 Å². The third-order valence-electron chi connectivity index (χ3n) is 2.66. The summed E-state index contributed by atoms with van der Waals surface area (Å²) in [5.41, 5.74) is 0. The molecule has 0 spiro atoms. The van der Waals surface area contributed by atoms with Crippen molar-refractivity contribution in [2.75, 3.05) is 23.4 Å². The lowest BCUT2D eigenvalue weighted by Gasteiger charge is -2.12. The number of nitrogens with zero attached hydrogens (tertiary/aromatic N) is 1. The molecule has 2 N–H and O–H groups in total. The maximum absolute atomic E-state index is 12.1. The molecule has 5 nitrogen and oxygen atoms in total. The standard InChI is InChI=1S/C11H17N3O2S2/c1-2-12-11-4-3-10(7-13-11)18(15,16)14-9-5-6-17-8-9/h3-4,7,9,14H,2,5-6,8H2,1H3,(H,12,13). The first-order valence-corrected chi connectivity index (χ1v) is 8.55. The first-order valence-electron chi connectivity index (χ1n) is 5.92. The predicted octanol–water partition coefficient (Wildman–Crippen LogP) is 1.30. The van der Waals surface area contributed by atoms with Crippen LogP contribution in [0.4, 0.5) is 5.82 Å². The molecular formula is C11H17N3O2S2. The van der Waals surface area contributed by atoms with Gasteiger partial charge in [-0.25, -0.2) is 18.1 Å². The summed E-state index contributed by atoms with van der Waals surface area (Å²) in [6, 6.07) is 3.31. The average Bonchev–Trinajstić information content (AvgIpc) is 2.82. The van der Waals surface area contributed by atoms with E-state index < -0.39 is 10.0 Å². The van der Waals surface area contributed by atoms with Crippen LogP contribution in [0.3, 0.4) is 0 Å². The number of anilines is 1. The highest BCUT2D eigenvalue weighted by Gasteiger charge is 2.23. The molecule has 7 heteroatoms. The van der Waals surface area contributed by atoms with Crippen LogP contribution in [0.15, 0.2) is 23.2 Å². The minimum atomic E-state index is -3.43. The fourth-order valence-electron chi connectivity index (χ4n) is 1.74. The van der Waals surface area contributed by atoms with Crippen LogP contribution in [0, 0.1) is 0 Å². The van der Waals surface area contributed by atoms with Crippen molar-refractivity contribution in [1.82, 2.24) is 9.71 Å². The van der Waals surface area contributed by atoms with Crippen molar-refractivity contribution in [3.05, 3.63) is 18.3 Å². The highest BCUT2D eigenvalue weighted by Crippen LogP contribution is 2.19. The highest BCUT2D eigenvalue weighted by molar-refractivity contribution is 7.99. The quantitative estimate of drug-likeness (QED) is 0.854. The van der Waals surface area contributed by atoms with Crippen LogP contribution < -0.4 is 10.0 Å². The fraction of sp³-hybridized carbons (Fsp3) is 0.545. The number of aromatic nitrogens is 1. The number of pyridine rings is 1. The van der Waals surface area contributed by atoms with Crippen molar-refractivity contribution in [3.63, 3.8) is 0 Å². The van der Waals surface area contributed by atoms with Crippen molar-refractivity contribution in [2.45, 2.75) is 24.3 Å². The van der Waals surface area contributed by atoms with E-state index in [4.69, 9.17) is 0 Å². The molecule has 1 aromatic rings. The van der Waals surface area contributed by atoms with Gasteiger partial charge in [-0.3, -0.25) is 0 Å². The van der Waals surface area contributed by atoms with E-state index in [-0.39, 0.29) is 10.9 Å². The van der Waals surface area contributed by atoms with E-state index in [0.29, 0.717) is 5.82 Å². The van der Waals surface area contributed by atoms with Gasteiger partial charge in [0.15, 0.2) is 0 Å². The predicted molar refractivity (Wildman–Crippen MR) is 74.5 cm³/mol. The van der Waals surface area contributed by atoms with E-state index in [1.54, 1.807) is 23.9 Å². The Morgan fingerprint density at radius 1 is 1.50 bits per heavy atom. The Kier molecular flexibility index (Phi) is 4.47. The number of nitrogens with one attached hydrogen (secondary N) is 2. The lowest BCUT2D eigenvalue weighted by atomic mass is 10.3. The number of hydrogen-bond acceptors (Lipinski definition) is 5. The molecule has 0 bridgehead atoms. The minimum Gasteiger partial charge on any atom is -0.370 e. The molecule has 0 amide bonds. The SMILES string of the molecule is CCNc1ccc(S(=O)(=O)NC2CCSC2)cn1. The molecular weight excluding hydrogens is 270 g/mol.